The van der Waals surface area contributed by atoms with E-state index in [-0.39, 0.29) is 30.1 Å². The van der Waals surface area contributed by atoms with Gasteiger partial charge in [0, 0.05) is 19.2 Å². The molecule has 25 heavy (non-hydrogen) atoms. The van der Waals surface area contributed by atoms with Gasteiger partial charge in [-0.1, -0.05) is 6.07 Å². The number of halogens is 1. The van der Waals surface area contributed by atoms with Crippen molar-refractivity contribution in [3.8, 4) is 5.75 Å². The number of carbonyl (C=O) groups is 2. The van der Waals surface area contributed by atoms with Crippen LogP contribution in [0.1, 0.15) is 16.2 Å². The van der Waals surface area contributed by atoms with Gasteiger partial charge in [-0.05, 0) is 18.2 Å². The van der Waals surface area contributed by atoms with Crippen LogP contribution in [-0.2, 0) is 11.3 Å². The third-order valence-corrected chi connectivity index (χ3v) is 3.57. The molecule has 2 heterocycles. The van der Waals surface area contributed by atoms with Crippen molar-refractivity contribution >= 4 is 12.0 Å². The Morgan fingerprint density at radius 2 is 2.32 bits per heavy atom. The predicted octanol–water partition coefficient (Wildman–Crippen LogP) is 1.31. The fourth-order valence-electron chi connectivity index (χ4n) is 2.29. The Morgan fingerprint density at radius 1 is 1.44 bits per heavy atom. The summed E-state index contributed by atoms with van der Waals surface area (Å²) in [5.41, 5.74) is 0.791. The first-order valence-electron chi connectivity index (χ1n) is 7.74. The van der Waals surface area contributed by atoms with E-state index in [9.17, 15) is 14.0 Å². The number of hydrogen-bond acceptors (Lipinski definition) is 5. The van der Waals surface area contributed by atoms with Crippen LogP contribution in [0.25, 0.3) is 0 Å². The third kappa shape index (κ3) is 4.46. The number of benzene rings is 1. The van der Waals surface area contributed by atoms with Crippen LogP contribution < -0.4 is 10.1 Å². The quantitative estimate of drug-likeness (QED) is 0.786. The van der Waals surface area contributed by atoms with Crippen LogP contribution in [0.5, 0.6) is 5.75 Å². The summed E-state index contributed by atoms with van der Waals surface area (Å²) in [6.45, 7) is 1.71. The smallest absolute Gasteiger partial charge is 0.409 e. The number of carbonyl (C=O) groups excluding carboxylic acids is 2. The molecule has 132 valence electrons. The van der Waals surface area contributed by atoms with Gasteiger partial charge in [0.25, 0.3) is 5.91 Å². The van der Waals surface area contributed by atoms with Gasteiger partial charge in [-0.2, -0.15) is 5.10 Å². The molecule has 0 aliphatic carbocycles. The summed E-state index contributed by atoms with van der Waals surface area (Å²) in [5, 5.41) is 9.29. The molecule has 1 aromatic carbocycles. The van der Waals surface area contributed by atoms with Gasteiger partial charge in [-0.3, -0.25) is 9.89 Å². The molecule has 0 bridgehead atoms. The SMILES string of the molecule is O=C(NCCN1CCOC1=O)c1cc(COc2cccc(F)c2)[nH]n1. The van der Waals surface area contributed by atoms with E-state index in [4.69, 9.17) is 9.47 Å². The first-order valence-corrected chi connectivity index (χ1v) is 7.74. The van der Waals surface area contributed by atoms with Crippen molar-refractivity contribution in [3.05, 3.63) is 47.5 Å². The molecule has 1 aliphatic rings. The number of nitrogens with one attached hydrogen (secondary N) is 2. The van der Waals surface area contributed by atoms with Crippen LogP contribution in [0.2, 0.25) is 0 Å². The van der Waals surface area contributed by atoms with Gasteiger partial charge in [0.1, 0.15) is 30.5 Å². The second kappa shape index (κ2) is 7.65. The van der Waals surface area contributed by atoms with Crippen molar-refractivity contribution in [2.45, 2.75) is 6.61 Å². The highest BCUT2D eigenvalue weighted by Gasteiger charge is 2.21. The van der Waals surface area contributed by atoms with Crippen molar-refractivity contribution in [1.82, 2.24) is 20.4 Å². The van der Waals surface area contributed by atoms with Crippen LogP contribution in [0.4, 0.5) is 9.18 Å². The largest absolute Gasteiger partial charge is 0.487 e. The van der Waals surface area contributed by atoms with E-state index < -0.39 is 0 Å². The minimum atomic E-state index is -0.385. The number of ether oxygens (including phenoxy) is 2. The van der Waals surface area contributed by atoms with E-state index in [1.807, 2.05) is 0 Å². The summed E-state index contributed by atoms with van der Waals surface area (Å²) in [6.07, 6.45) is -0.370. The zero-order valence-electron chi connectivity index (χ0n) is 13.3. The minimum Gasteiger partial charge on any atom is -0.487 e. The summed E-state index contributed by atoms with van der Waals surface area (Å²) in [4.78, 5) is 24.8. The van der Waals surface area contributed by atoms with Crippen molar-refractivity contribution in [3.63, 3.8) is 0 Å². The van der Waals surface area contributed by atoms with E-state index in [2.05, 4.69) is 15.5 Å². The Labute approximate surface area is 142 Å². The molecule has 2 N–H and O–H groups in total. The lowest BCUT2D eigenvalue weighted by molar-refractivity contribution is 0.0944. The molecular formula is C16H17FN4O4. The summed E-state index contributed by atoms with van der Waals surface area (Å²) in [7, 11) is 0. The number of amides is 2. The number of hydrogen-bond donors (Lipinski definition) is 2. The van der Waals surface area contributed by atoms with E-state index >= 15 is 0 Å². The van der Waals surface area contributed by atoms with Crippen LogP contribution in [-0.4, -0.2) is 53.3 Å². The number of rotatable bonds is 7. The summed E-state index contributed by atoms with van der Waals surface area (Å²) < 4.78 is 23.3. The van der Waals surface area contributed by atoms with Crippen molar-refractivity contribution in [2.24, 2.45) is 0 Å². The Bertz CT molecular complexity index is 764. The first kappa shape index (κ1) is 16.7. The molecule has 0 unspecified atom stereocenters. The van der Waals surface area contributed by atoms with Crippen LogP contribution >= 0.6 is 0 Å². The van der Waals surface area contributed by atoms with Gasteiger partial charge in [0.15, 0.2) is 0 Å². The van der Waals surface area contributed by atoms with Crippen molar-refractivity contribution in [1.29, 1.82) is 0 Å². The molecule has 1 saturated heterocycles. The van der Waals surface area contributed by atoms with E-state index in [1.54, 1.807) is 18.2 Å². The maximum atomic E-state index is 13.1. The van der Waals surface area contributed by atoms with E-state index in [1.165, 1.54) is 17.0 Å². The topological polar surface area (TPSA) is 96.5 Å². The predicted molar refractivity (Wildman–Crippen MR) is 84.6 cm³/mol. The lowest BCUT2D eigenvalue weighted by atomic mass is 10.3. The van der Waals surface area contributed by atoms with Crippen molar-refractivity contribution < 1.29 is 23.5 Å². The lowest BCUT2D eigenvalue weighted by Crippen LogP contribution is -2.35. The minimum absolute atomic E-state index is 0.128. The summed E-state index contributed by atoms with van der Waals surface area (Å²) in [5.74, 6) is -0.358. The van der Waals surface area contributed by atoms with Gasteiger partial charge in [-0.15, -0.1) is 0 Å². The highest BCUT2D eigenvalue weighted by molar-refractivity contribution is 5.92. The molecule has 1 aromatic heterocycles. The number of aromatic nitrogens is 2. The number of nitrogens with zero attached hydrogens (tertiary/aromatic N) is 2. The fraction of sp³-hybridized carbons (Fsp3) is 0.312. The molecule has 0 atom stereocenters. The zero-order chi connectivity index (χ0) is 17.6. The molecule has 3 rings (SSSR count). The Hall–Kier alpha value is -3.10. The average Bonchev–Trinajstić information content (AvgIpc) is 3.22. The molecule has 8 nitrogen and oxygen atoms in total. The monoisotopic (exact) mass is 348 g/mol. The number of aromatic amines is 1. The van der Waals surface area contributed by atoms with Gasteiger partial charge < -0.3 is 19.7 Å². The van der Waals surface area contributed by atoms with Gasteiger partial charge in [0.05, 0.1) is 12.2 Å². The van der Waals surface area contributed by atoms with Gasteiger partial charge in [-0.25, -0.2) is 9.18 Å². The lowest BCUT2D eigenvalue weighted by Gasteiger charge is -2.12. The molecule has 2 amide bonds. The van der Waals surface area contributed by atoms with Gasteiger partial charge >= 0.3 is 6.09 Å². The average molecular weight is 348 g/mol. The Balaban J connectivity index is 1.45. The second-order valence-electron chi connectivity index (χ2n) is 5.38. The summed E-state index contributed by atoms with van der Waals surface area (Å²) in [6, 6.07) is 7.34. The highest BCUT2D eigenvalue weighted by atomic mass is 19.1. The van der Waals surface area contributed by atoms with Crippen LogP contribution in [0.3, 0.4) is 0 Å². The molecule has 9 heteroatoms. The molecular weight excluding hydrogens is 331 g/mol. The molecule has 1 aliphatic heterocycles. The van der Waals surface area contributed by atoms with Crippen LogP contribution in [0, 0.1) is 5.82 Å². The molecule has 0 radical (unpaired) electrons. The van der Waals surface area contributed by atoms with Gasteiger partial charge in [0.2, 0.25) is 0 Å². The maximum Gasteiger partial charge on any atom is 0.409 e. The third-order valence-electron chi connectivity index (χ3n) is 3.57. The Morgan fingerprint density at radius 3 is 3.08 bits per heavy atom. The highest BCUT2D eigenvalue weighted by Crippen LogP contribution is 2.13. The number of H-pyrrole nitrogens is 1. The normalized spacial score (nSPS) is 13.6. The standard InChI is InChI=1S/C16H17FN4O4/c17-11-2-1-3-13(8-11)25-10-12-9-14(20-19-12)15(22)18-4-5-21-6-7-24-16(21)23/h1-3,8-9H,4-7,10H2,(H,18,22)(H,19,20). The second-order valence-corrected chi connectivity index (χ2v) is 5.38. The summed E-state index contributed by atoms with van der Waals surface area (Å²) >= 11 is 0. The fourth-order valence-corrected chi connectivity index (χ4v) is 2.29. The molecule has 0 spiro atoms. The Kier molecular flexibility index (Phi) is 5.12. The van der Waals surface area contributed by atoms with E-state index in [0.717, 1.165) is 0 Å². The van der Waals surface area contributed by atoms with Crippen molar-refractivity contribution in [2.75, 3.05) is 26.2 Å². The van der Waals surface area contributed by atoms with Crippen LogP contribution in [0.15, 0.2) is 30.3 Å². The zero-order valence-corrected chi connectivity index (χ0v) is 13.3. The van der Waals surface area contributed by atoms with E-state index in [0.29, 0.717) is 37.7 Å². The molecule has 1 fully saturated rings. The first-order chi connectivity index (χ1) is 12.1. The number of cyclic esters (lactones) is 1. The molecule has 2 aromatic rings. The molecule has 0 saturated carbocycles. The maximum absolute atomic E-state index is 13.1.